The van der Waals surface area contributed by atoms with Crippen LogP contribution in [0.3, 0.4) is 0 Å². The van der Waals surface area contributed by atoms with Gasteiger partial charge >= 0.3 is 0 Å². The Labute approximate surface area is 150 Å². The number of ether oxygens (including phenoxy) is 1. The van der Waals surface area contributed by atoms with Crippen molar-refractivity contribution in [3.8, 4) is 0 Å². The Hall–Kier alpha value is -2.99. The molecule has 3 amide bonds. The Morgan fingerprint density at radius 3 is 2.58 bits per heavy atom. The van der Waals surface area contributed by atoms with Crippen molar-refractivity contribution in [2.75, 3.05) is 18.1 Å². The minimum absolute atomic E-state index is 0.0464. The number of benzene rings is 2. The maximum atomic E-state index is 12.7. The fraction of sp³-hybridized carbons (Fsp3) is 0.250. The van der Waals surface area contributed by atoms with Crippen molar-refractivity contribution in [3.63, 3.8) is 0 Å². The van der Waals surface area contributed by atoms with Crippen LogP contribution in [0.4, 0.5) is 5.69 Å². The lowest BCUT2D eigenvalue weighted by molar-refractivity contribution is 0.0857. The molecule has 6 heteroatoms. The molecule has 2 aliphatic heterocycles. The van der Waals surface area contributed by atoms with Gasteiger partial charge in [-0.15, -0.1) is 0 Å². The van der Waals surface area contributed by atoms with Gasteiger partial charge in [0.2, 0.25) is 0 Å². The summed E-state index contributed by atoms with van der Waals surface area (Å²) in [6, 6.07) is 13.4. The van der Waals surface area contributed by atoms with Crippen LogP contribution >= 0.6 is 0 Å². The number of nitrogens with zero attached hydrogens (tertiary/aromatic N) is 1. The zero-order chi connectivity index (χ0) is 18.1. The normalized spacial score (nSPS) is 18.9. The Bertz CT molecular complexity index is 873. The fourth-order valence-electron chi connectivity index (χ4n) is 3.31. The second-order valence-electron chi connectivity index (χ2n) is 6.39. The van der Waals surface area contributed by atoms with Gasteiger partial charge in [-0.2, -0.15) is 0 Å². The van der Waals surface area contributed by atoms with E-state index in [2.05, 4.69) is 5.32 Å². The van der Waals surface area contributed by atoms with Gasteiger partial charge in [0, 0.05) is 18.7 Å². The number of hydrogen-bond donors (Lipinski definition) is 1. The van der Waals surface area contributed by atoms with E-state index >= 15 is 0 Å². The predicted octanol–water partition coefficient (Wildman–Crippen LogP) is 2.40. The first-order valence-corrected chi connectivity index (χ1v) is 8.63. The van der Waals surface area contributed by atoms with Crippen LogP contribution in [-0.2, 0) is 4.74 Å². The van der Waals surface area contributed by atoms with Crippen LogP contribution < -0.4 is 10.2 Å². The average Bonchev–Trinajstić information content (AvgIpc) is 3.27. The van der Waals surface area contributed by atoms with Crippen LogP contribution in [0.5, 0.6) is 0 Å². The molecule has 2 aromatic rings. The van der Waals surface area contributed by atoms with Crippen molar-refractivity contribution in [1.82, 2.24) is 5.32 Å². The van der Waals surface area contributed by atoms with Gasteiger partial charge in [-0.05, 0) is 43.2 Å². The van der Waals surface area contributed by atoms with E-state index in [1.54, 1.807) is 36.4 Å². The number of imide groups is 1. The fourth-order valence-corrected chi connectivity index (χ4v) is 3.31. The molecule has 1 unspecified atom stereocenters. The van der Waals surface area contributed by atoms with E-state index in [0.717, 1.165) is 24.3 Å². The van der Waals surface area contributed by atoms with Gasteiger partial charge in [0.15, 0.2) is 0 Å². The lowest BCUT2D eigenvalue weighted by Crippen LogP contribution is -2.31. The summed E-state index contributed by atoms with van der Waals surface area (Å²) in [5, 5.41) is 2.83. The van der Waals surface area contributed by atoms with Gasteiger partial charge in [0.05, 0.1) is 22.9 Å². The van der Waals surface area contributed by atoms with Gasteiger partial charge in [-0.25, -0.2) is 4.90 Å². The van der Waals surface area contributed by atoms with Crippen LogP contribution in [0.1, 0.15) is 43.9 Å². The number of nitrogens with one attached hydrogen (secondary N) is 1. The third kappa shape index (κ3) is 2.88. The van der Waals surface area contributed by atoms with E-state index < -0.39 is 5.91 Å². The molecule has 2 heterocycles. The van der Waals surface area contributed by atoms with E-state index in [1.807, 2.05) is 6.07 Å². The SMILES string of the molecule is O=C(NCC1CCCO1)c1ccc2c(c1)C(=O)N(c1ccccc1)C2=O. The van der Waals surface area contributed by atoms with Gasteiger partial charge in [-0.3, -0.25) is 14.4 Å². The molecule has 1 fully saturated rings. The lowest BCUT2D eigenvalue weighted by Gasteiger charge is -2.13. The molecular formula is C20H18N2O4. The third-order valence-corrected chi connectivity index (χ3v) is 4.68. The maximum Gasteiger partial charge on any atom is 0.266 e. The predicted molar refractivity (Wildman–Crippen MR) is 95.3 cm³/mol. The highest BCUT2D eigenvalue weighted by Crippen LogP contribution is 2.28. The molecule has 0 bridgehead atoms. The summed E-state index contributed by atoms with van der Waals surface area (Å²) in [7, 11) is 0. The highest BCUT2D eigenvalue weighted by molar-refractivity contribution is 6.34. The second-order valence-corrected chi connectivity index (χ2v) is 6.39. The van der Waals surface area contributed by atoms with E-state index in [0.29, 0.717) is 23.4 Å². The molecule has 132 valence electrons. The molecule has 6 nitrogen and oxygen atoms in total. The first kappa shape index (κ1) is 16.5. The number of para-hydroxylation sites is 1. The summed E-state index contributed by atoms with van der Waals surface area (Å²) in [6.45, 7) is 1.17. The number of carbonyl (C=O) groups is 3. The van der Waals surface area contributed by atoms with Crippen molar-refractivity contribution in [1.29, 1.82) is 0 Å². The molecule has 1 atom stereocenters. The largest absolute Gasteiger partial charge is 0.376 e. The zero-order valence-electron chi connectivity index (χ0n) is 14.1. The van der Waals surface area contributed by atoms with Gasteiger partial charge in [-0.1, -0.05) is 18.2 Å². The molecule has 1 saturated heterocycles. The molecule has 0 aromatic heterocycles. The number of amides is 3. The van der Waals surface area contributed by atoms with Crippen LogP contribution in [0, 0.1) is 0 Å². The standard InChI is InChI=1S/C20H18N2O4/c23-18(21-12-15-7-4-10-26-15)13-8-9-16-17(11-13)20(25)22(19(16)24)14-5-2-1-3-6-14/h1-3,5-6,8-9,11,15H,4,7,10,12H2,(H,21,23). The molecule has 0 radical (unpaired) electrons. The third-order valence-electron chi connectivity index (χ3n) is 4.68. The molecule has 26 heavy (non-hydrogen) atoms. The quantitative estimate of drug-likeness (QED) is 0.859. The monoisotopic (exact) mass is 350 g/mol. The van der Waals surface area contributed by atoms with Crippen molar-refractivity contribution in [2.24, 2.45) is 0 Å². The van der Waals surface area contributed by atoms with Crippen LogP contribution in [0.25, 0.3) is 0 Å². The van der Waals surface area contributed by atoms with E-state index in [-0.39, 0.29) is 23.5 Å². The summed E-state index contributed by atoms with van der Waals surface area (Å²) in [6.07, 6.45) is 1.99. The smallest absolute Gasteiger partial charge is 0.266 e. The lowest BCUT2D eigenvalue weighted by atomic mass is 10.1. The second kappa shape index (κ2) is 6.72. The number of fused-ring (bicyclic) bond motifs is 1. The van der Waals surface area contributed by atoms with Crippen molar-refractivity contribution in [3.05, 3.63) is 65.2 Å². The summed E-state index contributed by atoms with van der Waals surface area (Å²) in [5.41, 5.74) is 1.44. The van der Waals surface area contributed by atoms with Crippen molar-refractivity contribution < 1.29 is 19.1 Å². The molecule has 4 rings (SSSR count). The number of anilines is 1. The van der Waals surface area contributed by atoms with Crippen LogP contribution in [0.2, 0.25) is 0 Å². The Balaban J connectivity index is 1.55. The topological polar surface area (TPSA) is 75.7 Å². The van der Waals surface area contributed by atoms with E-state index in [9.17, 15) is 14.4 Å². The first-order valence-electron chi connectivity index (χ1n) is 8.63. The summed E-state index contributed by atoms with van der Waals surface area (Å²) >= 11 is 0. The highest BCUT2D eigenvalue weighted by Gasteiger charge is 2.37. The van der Waals surface area contributed by atoms with Crippen molar-refractivity contribution >= 4 is 23.4 Å². The molecule has 0 spiro atoms. The summed E-state index contributed by atoms with van der Waals surface area (Å²) in [4.78, 5) is 38.8. The molecule has 2 aromatic carbocycles. The Kier molecular flexibility index (Phi) is 4.26. The number of carbonyl (C=O) groups excluding carboxylic acids is 3. The van der Waals surface area contributed by atoms with Gasteiger partial charge in [0.25, 0.3) is 17.7 Å². The molecular weight excluding hydrogens is 332 g/mol. The summed E-state index contributed by atoms with van der Waals surface area (Å²) in [5.74, 6) is -1.06. The van der Waals surface area contributed by atoms with Crippen molar-refractivity contribution in [2.45, 2.75) is 18.9 Å². The average molecular weight is 350 g/mol. The number of rotatable bonds is 4. The number of hydrogen-bond acceptors (Lipinski definition) is 4. The van der Waals surface area contributed by atoms with Crippen LogP contribution in [-0.4, -0.2) is 37.0 Å². The minimum Gasteiger partial charge on any atom is -0.376 e. The first-order chi connectivity index (χ1) is 12.6. The minimum atomic E-state index is -0.412. The molecule has 0 aliphatic carbocycles. The highest BCUT2D eigenvalue weighted by atomic mass is 16.5. The van der Waals surface area contributed by atoms with Gasteiger partial charge < -0.3 is 10.1 Å². The zero-order valence-corrected chi connectivity index (χ0v) is 14.1. The molecule has 2 aliphatic rings. The van der Waals surface area contributed by atoms with E-state index in [1.165, 1.54) is 6.07 Å². The van der Waals surface area contributed by atoms with Gasteiger partial charge in [0.1, 0.15) is 0 Å². The molecule has 1 N–H and O–H groups in total. The summed E-state index contributed by atoms with van der Waals surface area (Å²) < 4.78 is 5.49. The Morgan fingerprint density at radius 1 is 1.08 bits per heavy atom. The maximum absolute atomic E-state index is 12.7. The Morgan fingerprint density at radius 2 is 1.85 bits per heavy atom. The molecule has 0 saturated carbocycles. The van der Waals surface area contributed by atoms with E-state index in [4.69, 9.17) is 4.74 Å². The van der Waals surface area contributed by atoms with Crippen LogP contribution in [0.15, 0.2) is 48.5 Å².